The normalized spacial score (nSPS) is 16.0. The lowest BCUT2D eigenvalue weighted by atomic mass is 9.98. The van der Waals surface area contributed by atoms with E-state index in [-0.39, 0.29) is 32.1 Å². The predicted octanol–water partition coefficient (Wildman–Crippen LogP) is 9.13. The van der Waals surface area contributed by atoms with E-state index in [0.29, 0.717) is 46.5 Å². The highest BCUT2D eigenvalue weighted by Gasteiger charge is 2.44. The monoisotopic (exact) mass is 1040 g/mol. The Hall–Kier alpha value is -7.11. The van der Waals surface area contributed by atoms with Crippen LogP contribution in [0.4, 0.5) is 32.1 Å². The molecule has 9 rings (SSSR count). The van der Waals surface area contributed by atoms with Gasteiger partial charge < -0.3 is 30.3 Å². The second-order valence-electron chi connectivity index (χ2n) is 19.6. The standard InChI is InChI=1S/C25H30FN7O.C20H23FN6O.C6H9NO3S.CH4/c1-17-12-28-24(30-19-13-29-33(14-19)20-7-9-32(4)10-8-20)31-23(17)18-5-6-22(21(26)11-18)34-16-25(2,3)15-27;1-13-10-22-20(25-19(13)14-3-4-18(28)17(21)9-14)24-15-11-23-27(12-15)16-5-7-26(2)8-6-16;1-11(8,9)10-5-6(4-7)2-3-6;/h5-6,11-14,20H,7-10,16H2,1-4H3,(H,28,30,31);3-4,9-12,16,28H,5-8H2,1-2H3,(H,22,24,25);2-3,5H2,1H3;1H4. The molecule has 19 nitrogen and oxygen atoms in total. The van der Waals surface area contributed by atoms with Gasteiger partial charge in [-0.3, -0.25) is 13.5 Å². The maximum atomic E-state index is 14.7. The number of aryl methyl sites for hydroxylation is 2. The molecule has 0 spiro atoms. The van der Waals surface area contributed by atoms with Gasteiger partial charge >= 0.3 is 0 Å². The Morgan fingerprint density at radius 3 is 1.68 bits per heavy atom. The number of hydrogen-bond acceptors (Lipinski definition) is 17. The topological polar surface area (TPSA) is 238 Å². The molecule has 0 atom stereocenters. The SMILES string of the molecule is C.CS(=O)(=O)OCC1(C#N)CC1.Cc1cnc(Nc2cnn(C3CCN(C)CC3)c2)nc1-c1ccc(O)c(F)c1.Cc1cnc(Nc2cnn(C3CCN(C)CC3)c2)nc1-c1ccc(OCC(C)(C)C#N)c(F)c1. The fourth-order valence-electron chi connectivity index (χ4n) is 7.94. The average Bonchev–Trinajstić information content (AvgIpc) is 3.75. The van der Waals surface area contributed by atoms with Crippen LogP contribution in [-0.4, -0.2) is 123 Å². The predicted molar refractivity (Wildman–Crippen MR) is 278 cm³/mol. The van der Waals surface area contributed by atoms with Gasteiger partial charge in [-0.1, -0.05) is 7.43 Å². The van der Waals surface area contributed by atoms with Crippen LogP contribution in [0.5, 0.6) is 11.5 Å². The van der Waals surface area contributed by atoms with E-state index in [1.165, 1.54) is 18.2 Å². The number of nitrogens with zero attached hydrogens (tertiary/aromatic N) is 12. The molecule has 394 valence electrons. The molecule has 6 heterocycles. The summed E-state index contributed by atoms with van der Waals surface area (Å²) in [6, 6.07) is 13.9. The molecule has 2 aliphatic heterocycles. The zero-order valence-electron chi connectivity index (χ0n) is 42.2. The first-order valence-corrected chi connectivity index (χ1v) is 25.8. The van der Waals surface area contributed by atoms with Crippen LogP contribution in [-0.2, 0) is 14.3 Å². The van der Waals surface area contributed by atoms with E-state index in [0.717, 1.165) is 93.5 Å². The molecule has 0 bridgehead atoms. The lowest BCUT2D eigenvalue weighted by molar-refractivity contribution is 0.212. The quantitative estimate of drug-likeness (QED) is 0.0862. The Morgan fingerprint density at radius 2 is 1.26 bits per heavy atom. The van der Waals surface area contributed by atoms with Gasteiger partial charge in [-0.2, -0.15) is 29.1 Å². The summed E-state index contributed by atoms with van der Waals surface area (Å²) in [7, 11) is 0.898. The van der Waals surface area contributed by atoms with Gasteiger partial charge in [-0.25, -0.2) is 28.7 Å². The second-order valence-corrected chi connectivity index (χ2v) is 21.3. The van der Waals surface area contributed by atoms with E-state index in [1.807, 2.05) is 41.7 Å². The average molecular weight is 1040 g/mol. The highest BCUT2D eigenvalue weighted by atomic mass is 32.2. The van der Waals surface area contributed by atoms with Gasteiger partial charge in [-0.15, -0.1) is 0 Å². The van der Waals surface area contributed by atoms with Crippen molar-refractivity contribution >= 4 is 33.4 Å². The summed E-state index contributed by atoms with van der Waals surface area (Å²) in [5, 5.41) is 42.4. The van der Waals surface area contributed by atoms with Gasteiger partial charge in [-0.05, 0) is 154 Å². The number of piperidine rings is 2. The van der Waals surface area contributed by atoms with Crippen LogP contribution < -0.4 is 15.4 Å². The van der Waals surface area contributed by atoms with Crippen LogP contribution >= 0.6 is 0 Å². The molecule has 6 aromatic rings. The van der Waals surface area contributed by atoms with E-state index in [2.05, 4.69) is 74.9 Å². The highest BCUT2D eigenvalue weighted by molar-refractivity contribution is 7.86. The number of nitrogens with one attached hydrogen (secondary N) is 2. The molecule has 1 saturated carbocycles. The molecule has 3 N–H and O–H groups in total. The summed E-state index contributed by atoms with van der Waals surface area (Å²) in [6.45, 7) is 11.6. The van der Waals surface area contributed by atoms with Crippen LogP contribution in [0.2, 0.25) is 0 Å². The number of anilines is 4. The number of likely N-dealkylation sites (tertiary alicyclic amines) is 2. The molecule has 4 aromatic heterocycles. The summed E-state index contributed by atoms with van der Waals surface area (Å²) in [5.74, 6) is -0.617. The Morgan fingerprint density at radius 1 is 0.784 bits per heavy atom. The van der Waals surface area contributed by atoms with Gasteiger partial charge in [0.15, 0.2) is 23.1 Å². The lowest BCUT2D eigenvalue weighted by Crippen LogP contribution is -2.31. The van der Waals surface area contributed by atoms with Crippen molar-refractivity contribution in [1.29, 1.82) is 10.5 Å². The molecule has 2 saturated heterocycles. The van der Waals surface area contributed by atoms with Crippen molar-refractivity contribution in [2.45, 2.75) is 85.7 Å². The first kappa shape index (κ1) is 56.2. The van der Waals surface area contributed by atoms with E-state index in [4.69, 9.17) is 15.3 Å². The number of rotatable bonds is 14. The van der Waals surface area contributed by atoms with Gasteiger partial charge in [0, 0.05) is 35.9 Å². The summed E-state index contributed by atoms with van der Waals surface area (Å²) >= 11 is 0. The van der Waals surface area contributed by atoms with Crippen molar-refractivity contribution in [3.8, 4) is 46.2 Å². The van der Waals surface area contributed by atoms with E-state index in [9.17, 15) is 22.3 Å². The maximum absolute atomic E-state index is 14.7. The van der Waals surface area contributed by atoms with Crippen molar-refractivity contribution in [1.82, 2.24) is 49.3 Å². The number of halogens is 2. The molecule has 3 fully saturated rings. The highest BCUT2D eigenvalue weighted by Crippen LogP contribution is 2.45. The first-order valence-electron chi connectivity index (χ1n) is 24.0. The molecule has 0 unspecified atom stereocenters. The lowest BCUT2D eigenvalue weighted by Gasteiger charge is -2.28. The molecule has 0 radical (unpaired) electrons. The zero-order valence-corrected chi connectivity index (χ0v) is 43.0. The van der Waals surface area contributed by atoms with Crippen LogP contribution in [0.1, 0.15) is 83.0 Å². The molecule has 74 heavy (non-hydrogen) atoms. The van der Waals surface area contributed by atoms with Crippen molar-refractivity contribution in [3.05, 3.63) is 96.3 Å². The van der Waals surface area contributed by atoms with Crippen molar-refractivity contribution in [3.63, 3.8) is 0 Å². The summed E-state index contributed by atoms with van der Waals surface area (Å²) in [6.07, 6.45) is 17.7. The molecule has 3 aliphatic rings. The van der Waals surface area contributed by atoms with E-state index in [1.54, 1.807) is 56.8 Å². The van der Waals surface area contributed by atoms with Crippen molar-refractivity contribution < 1.29 is 31.2 Å². The third-order valence-electron chi connectivity index (χ3n) is 12.7. The molecule has 0 amide bonds. The Balaban J connectivity index is 0.000000200. The van der Waals surface area contributed by atoms with Crippen LogP contribution in [0.3, 0.4) is 0 Å². The number of benzene rings is 2. The molecular formula is C52H66F2N14O5S. The van der Waals surface area contributed by atoms with Crippen LogP contribution in [0, 0.1) is 59.0 Å². The molecule has 1 aliphatic carbocycles. The fourth-order valence-corrected chi connectivity index (χ4v) is 8.38. The largest absolute Gasteiger partial charge is 0.505 e. The molecular weight excluding hydrogens is 971 g/mol. The number of phenolic OH excluding ortho intramolecular Hbond substituents is 1. The fraction of sp³-hybridized carbons (Fsp3) is 0.462. The number of hydrogen-bond donors (Lipinski definition) is 3. The molecule has 22 heteroatoms. The minimum absolute atomic E-state index is 0. The second kappa shape index (κ2) is 24.3. The van der Waals surface area contributed by atoms with Gasteiger partial charge in [0.25, 0.3) is 10.1 Å². The van der Waals surface area contributed by atoms with Crippen molar-refractivity contribution in [2.24, 2.45) is 10.8 Å². The summed E-state index contributed by atoms with van der Waals surface area (Å²) in [5.41, 5.74) is 4.51. The Labute approximate surface area is 432 Å². The smallest absolute Gasteiger partial charge is 0.264 e. The van der Waals surface area contributed by atoms with Crippen LogP contribution in [0.25, 0.3) is 22.5 Å². The first-order chi connectivity index (χ1) is 34.7. The van der Waals surface area contributed by atoms with Crippen LogP contribution in [0.15, 0.2) is 73.6 Å². The van der Waals surface area contributed by atoms with Gasteiger partial charge in [0.2, 0.25) is 11.9 Å². The van der Waals surface area contributed by atoms with Crippen molar-refractivity contribution in [2.75, 3.05) is 70.4 Å². The minimum Gasteiger partial charge on any atom is -0.505 e. The maximum Gasteiger partial charge on any atom is 0.264 e. The number of ether oxygens (including phenoxy) is 1. The third kappa shape index (κ3) is 15.5. The number of aromatic hydroxyl groups is 1. The summed E-state index contributed by atoms with van der Waals surface area (Å²) in [4.78, 5) is 22.5. The van der Waals surface area contributed by atoms with Gasteiger partial charge in [0.05, 0.1) is 83.1 Å². The third-order valence-corrected chi connectivity index (χ3v) is 13.3. The molecule has 2 aromatic carbocycles. The minimum atomic E-state index is -3.38. The Kier molecular flexibility index (Phi) is 18.4. The summed E-state index contributed by atoms with van der Waals surface area (Å²) < 4.78 is 63.4. The zero-order chi connectivity index (χ0) is 52.5. The van der Waals surface area contributed by atoms with Gasteiger partial charge in [0.1, 0.15) is 6.61 Å². The Bertz CT molecular complexity index is 3060. The van der Waals surface area contributed by atoms with E-state index >= 15 is 0 Å². The number of nitriles is 2. The number of phenols is 1. The number of aromatic nitrogens is 8. The van der Waals surface area contributed by atoms with E-state index < -0.39 is 32.6 Å².